The van der Waals surface area contributed by atoms with Gasteiger partial charge in [0.15, 0.2) is 0 Å². The molecule has 0 aliphatic heterocycles. The summed E-state index contributed by atoms with van der Waals surface area (Å²) >= 11 is 1.59. The Labute approximate surface area is 132 Å². The van der Waals surface area contributed by atoms with Gasteiger partial charge < -0.3 is 10.1 Å². The lowest BCUT2D eigenvalue weighted by atomic mass is 9.84. The lowest BCUT2D eigenvalue weighted by Gasteiger charge is -2.25. The van der Waals surface area contributed by atoms with Gasteiger partial charge in [-0.15, -0.1) is 0 Å². The van der Waals surface area contributed by atoms with Gasteiger partial charge in [0.25, 0.3) is 0 Å². The van der Waals surface area contributed by atoms with Crippen LogP contribution >= 0.6 is 11.8 Å². The van der Waals surface area contributed by atoms with Gasteiger partial charge in [-0.25, -0.2) is 4.79 Å². The zero-order chi connectivity index (χ0) is 15.9. The molecule has 0 saturated heterocycles. The SMILES string of the molecule is CSC(CCNC(=O)OC(C)(C)C)C(=O)C1CCCCC1. The van der Waals surface area contributed by atoms with E-state index in [2.05, 4.69) is 5.32 Å². The van der Waals surface area contributed by atoms with E-state index in [1.807, 2.05) is 27.0 Å². The van der Waals surface area contributed by atoms with Gasteiger partial charge in [-0.1, -0.05) is 19.3 Å². The fourth-order valence-corrected chi connectivity index (χ4v) is 3.42. The fraction of sp³-hybridized carbons (Fsp3) is 0.875. The number of hydrogen-bond donors (Lipinski definition) is 1. The molecular weight excluding hydrogens is 286 g/mol. The van der Waals surface area contributed by atoms with Crippen LogP contribution in [0.3, 0.4) is 0 Å². The molecule has 4 nitrogen and oxygen atoms in total. The monoisotopic (exact) mass is 315 g/mol. The van der Waals surface area contributed by atoms with Crippen LogP contribution in [0.5, 0.6) is 0 Å². The average Bonchev–Trinajstić information content (AvgIpc) is 2.42. The van der Waals surface area contributed by atoms with Crippen molar-refractivity contribution in [1.29, 1.82) is 0 Å². The molecule has 0 heterocycles. The minimum absolute atomic E-state index is 0.0111. The highest BCUT2D eigenvalue weighted by atomic mass is 32.2. The predicted molar refractivity (Wildman–Crippen MR) is 87.7 cm³/mol. The second kappa shape index (κ2) is 8.66. The van der Waals surface area contributed by atoms with Gasteiger partial charge in [0.05, 0.1) is 5.25 Å². The second-order valence-corrected chi connectivity index (χ2v) is 7.72. The first kappa shape index (κ1) is 18.3. The van der Waals surface area contributed by atoms with Crippen molar-refractivity contribution in [1.82, 2.24) is 5.32 Å². The molecule has 1 rings (SSSR count). The number of amides is 1. The molecule has 5 heteroatoms. The normalized spacial score (nSPS) is 18.1. The summed E-state index contributed by atoms with van der Waals surface area (Å²) in [7, 11) is 0. The molecule has 0 spiro atoms. The maximum atomic E-state index is 12.5. The molecule has 122 valence electrons. The number of Topliss-reactive ketones (excluding diaryl/α,β-unsaturated/α-hetero) is 1. The van der Waals surface area contributed by atoms with Gasteiger partial charge in [0.1, 0.15) is 11.4 Å². The molecule has 0 aromatic carbocycles. The Morgan fingerprint density at radius 1 is 1.24 bits per heavy atom. The molecule has 0 radical (unpaired) electrons. The molecule has 1 unspecified atom stereocenters. The van der Waals surface area contributed by atoms with Crippen molar-refractivity contribution in [2.24, 2.45) is 5.92 Å². The first-order chi connectivity index (χ1) is 9.83. The summed E-state index contributed by atoms with van der Waals surface area (Å²) in [5.41, 5.74) is -0.485. The number of alkyl carbamates (subject to hydrolysis) is 1. The Balaban J connectivity index is 2.33. The number of thioether (sulfide) groups is 1. The molecule has 1 aliphatic carbocycles. The van der Waals surface area contributed by atoms with E-state index in [-0.39, 0.29) is 11.2 Å². The Bertz CT molecular complexity index is 346. The van der Waals surface area contributed by atoms with E-state index < -0.39 is 11.7 Å². The van der Waals surface area contributed by atoms with Crippen LogP contribution in [-0.4, -0.2) is 35.5 Å². The van der Waals surface area contributed by atoms with E-state index in [9.17, 15) is 9.59 Å². The molecule has 0 aromatic heterocycles. The molecule has 0 aromatic rings. The van der Waals surface area contributed by atoms with Crippen LogP contribution in [0, 0.1) is 5.92 Å². The number of carbonyl (C=O) groups is 2. The summed E-state index contributed by atoms with van der Waals surface area (Å²) in [5.74, 6) is 0.603. The van der Waals surface area contributed by atoms with Gasteiger partial charge in [-0.3, -0.25) is 4.79 Å². The second-order valence-electron chi connectivity index (χ2n) is 6.68. The highest BCUT2D eigenvalue weighted by Gasteiger charge is 2.27. The number of ketones is 1. The third-order valence-corrected chi connectivity index (χ3v) is 4.72. The minimum atomic E-state index is -0.485. The summed E-state index contributed by atoms with van der Waals surface area (Å²) in [6.45, 7) is 6.00. The average molecular weight is 315 g/mol. The van der Waals surface area contributed by atoms with Crippen LogP contribution in [-0.2, 0) is 9.53 Å². The molecule has 1 fully saturated rings. The van der Waals surface area contributed by atoms with Crippen LogP contribution < -0.4 is 5.32 Å². The van der Waals surface area contributed by atoms with Crippen LogP contribution in [0.1, 0.15) is 59.3 Å². The highest BCUT2D eigenvalue weighted by Crippen LogP contribution is 2.28. The first-order valence-electron chi connectivity index (χ1n) is 7.87. The van der Waals surface area contributed by atoms with E-state index in [4.69, 9.17) is 4.74 Å². The van der Waals surface area contributed by atoms with Crippen molar-refractivity contribution in [3.63, 3.8) is 0 Å². The topological polar surface area (TPSA) is 55.4 Å². The molecule has 1 N–H and O–H groups in total. The quantitative estimate of drug-likeness (QED) is 0.810. The molecule has 1 aliphatic rings. The van der Waals surface area contributed by atoms with E-state index >= 15 is 0 Å². The zero-order valence-corrected chi connectivity index (χ0v) is 14.6. The smallest absolute Gasteiger partial charge is 0.407 e. The maximum Gasteiger partial charge on any atom is 0.407 e. The molecular formula is C16H29NO3S. The van der Waals surface area contributed by atoms with E-state index in [0.29, 0.717) is 18.7 Å². The molecule has 1 saturated carbocycles. The Morgan fingerprint density at radius 2 is 1.86 bits per heavy atom. The number of carbonyl (C=O) groups excluding carboxylic acids is 2. The molecule has 0 bridgehead atoms. The van der Waals surface area contributed by atoms with Gasteiger partial charge >= 0.3 is 6.09 Å². The van der Waals surface area contributed by atoms with Gasteiger partial charge in [-0.05, 0) is 46.3 Å². The lowest BCUT2D eigenvalue weighted by molar-refractivity contribution is -0.123. The maximum absolute atomic E-state index is 12.5. The van der Waals surface area contributed by atoms with Gasteiger partial charge in [0, 0.05) is 12.5 Å². The van der Waals surface area contributed by atoms with Gasteiger partial charge in [0.2, 0.25) is 0 Å². The summed E-state index contributed by atoms with van der Waals surface area (Å²) in [5, 5.41) is 2.72. The minimum Gasteiger partial charge on any atom is -0.444 e. The van der Waals surface area contributed by atoms with Crippen LogP contribution in [0.15, 0.2) is 0 Å². The largest absolute Gasteiger partial charge is 0.444 e. The van der Waals surface area contributed by atoms with Crippen molar-refractivity contribution in [3.05, 3.63) is 0 Å². The predicted octanol–water partition coefficient (Wildman–Crippen LogP) is 3.78. The zero-order valence-electron chi connectivity index (χ0n) is 13.7. The van der Waals surface area contributed by atoms with Crippen LogP contribution in [0.2, 0.25) is 0 Å². The number of ether oxygens (including phenoxy) is 1. The van der Waals surface area contributed by atoms with E-state index in [0.717, 1.165) is 12.8 Å². The third kappa shape index (κ3) is 7.21. The van der Waals surface area contributed by atoms with E-state index in [1.54, 1.807) is 11.8 Å². The highest BCUT2D eigenvalue weighted by molar-refractivity contribution is 7.99. The molecule has 1 amide bonds. The van der Waals surface area contributed by atoms with Crippen molar-refractivity contribution in [3.8, 4) is 0 Å². The summed E-state index contributed by atoms with van der Waals surface area (Å²) in [4.78, 5) is 24.0. The van der Waals surface area contributed by atoms with Crippen LogP contribution in [0.4, 0.5) is 4.79 Å². The van der Waals surface area contributed by atoms with E-state index in [1.165, 1.54) is 19.3 Å². The Kier molecular flexibility index (Phi) is 7.57. The number of rotatable bonds is 6. The van der Waals surface area contributed by atoms with Gasteiger partial charge in [-0.2, -0.15) is 11.8 Å². The standard InChI is InChI=1S/C16H29NO3S/c1-16(2,3)20-15(19)17-11-10-13(21-4)14(18)12-8-6-5-7-9-12/h12-13H,5-11H2,1-4H3,(H,17,19). The summed E-state index contributed by atoms with van der Waals surface area (Å²) in [6.07, 6.45) is 7.92. The Hall–Kier alpha value is -0.710. The van der Waals surface area contributed by atoms with Crippen molar-refractivity contribution in [2.75, 3.05) is 12.8 Å². The fourth-order valence-electron chi connectivity index (χ4n) is 2.65. The number of hydrogen-bond acceptors (Lipinski definition) is 4. The summed E-state index contributed by atoms with van der Waals surface area (Å²) in [6, 6.07) is 0. The Morgan fingerprint density at radius 3 is 2.38 bits per heavy atom. The lowest BCUT2D eigenvalue weighted by Crippen LogP contribution is -2.35. The molecule has 1 atom stereocenters. The van der Waals surface area contributed by atoms with Crippen molar-refractivity contribution in [2.45, 2.75) is 70.1 Å². The first-order valence-corrected chi connectivity index (χ1v) is 9.15. The third-order valence-electron chi connectivity index (χ3n) is 3.68. The van der Waals surface area contributed by atoms with Crippen LogP contribution in [0.25, 0.3) is 0 Å². The number of nitrogens with one attached hydrogen (secondary N) is 1. The molecule has 21 heavy (non-hydrogen) atoms. The van der Waals surface area contributed by atoms with Crippen molar-refractivity contribution < 1.29 is 14.3 Å². The van der Waals surface area contributed by atoms with Crippen molar-refractivity contribution >= 4 is 23.6 Å². The summed E-state index contributed by atoms with van der Waals surface area (Å²) < 4.78 is 5.19.